The third-order valence-electron chi connectivity index (χ3n) is 6.44. The fourth-order valence-corrected chi connectivity index (χ4v) is 4.82. The molecule has 2 saturated heterocycles. The van der Waals surface area contributed by atoms with Crippen molar-refractivity contribution in [3.05, 3.63) is 58.9 Å². The van der Waals surface area contributed by atoms with Gasteiger partial charge in [-0.1, -0.05) is 17.7 Å². The molecule has 154 valence electrons. The highest BCUT2D eigenvalue weighted by molar-refractivity contribution is 5.96. The zero-order valence-electron chi connectivity index (χ0n) is 17.8. The van der Waals surface area contributed by atoms with E-state index in [9.17, 15) is 4.79 Å². The monoisotopic (exact) mass is 392 g/mol. The van der Waals surface area contributed by atoms with Crippen molar-refractivity contribution >= 4 is 11.6 Å². The number of rotatable bonds is 6. The maximum absolute atomic E-state index is 13.0. The lowest BCUT2D eigenvalue weighted by Crippen LogP contribution is -2.34. The number of carbonyl (C=O) groups excluding carboxylic acids is 1. The standard InChI is InChI=1S/C24H32N4O/c1-17-5-7-22(8-6-17)26-10-4-12-27-13-20-15-28(16-21(20)14-27)24(29)23-18(2)9-11-25-19(23)3/h5-9,11,20-21,26H,4,10,12-16H2,1-3H3. The van der Waals surface area contributed by atoms with Crippen LogP contribution in [0.1, 0.15) is 33.6 Å². The molecule has 0 aliphatic carbocycles. The van der Waals surface area contributed by atoms with Crippen molar-refractivity contribution in [2.75, 3.05) is 44.6 Å². The highest BCUT2D eigenvalue weighted by Gasteiger charge is 2.41. The van der Waals surface area contributed by atoms with Gasteiger partial charge in [0.1, 0.15) is 0 Å². The fourth-order valence-electron chi connectivity index (χ4n) is 4.82. The molecule has 4 rings (SSSR count). The number of hydrogen-bond acceptors (Lipinski definition) is 4. The molecule has 0 bridgehead atoms. The van der Waals surface area contributed by atoms with Crippen LogP contribution in [0.25, 0.3) is 0 Å². The molecular formula is C24H32N4O. The van der Waals surface area contributed by atoms with Gasteiger partial charge in [-0.15, -0.1) is 0 Å². The first-order valence-corrected chi connectivity index (χ1v) is 10.8. The number of aryl methyl sites for hydroxylation is 3. The van der Waals surface area contributed by atoms with Crippen LogP contribution in [-0.4, -0.2) is 60.0 Å². The van der Waals surface area contributed by atoms with Crippen LogP contribution in [0.15, 0.2) is 36.5 Å². The molecule has 2 aromatic rings. The average molecular weight is 393 g/mol. The molecule has 0 spiro atoms. The Morgan fingerprint density at radius 3 is 2.38 bits per heavy atom. The first-order valence-electron chi connectivity index (χ1n) is 10.8. The highest BCUT2D eigenvalue weighted by atomic mass is 16.2. The first kappa shape index (κ1) is 19.9. The first-order chi connectivity index (χ1) is 14.0. The van der Waals surface area contributed by atoms with Crippen molar-refractivity contribution in [2.24, 2.45) is 11.8 Å². The van der Waals surface area contributed by atoms with Crippen molar-refractivity contribution in [1.29, 1.82) is 0 Å². The van der Waals surface area contributed by atoms with Crippen molar-refractivity contribution in [3.8, 4) is 0 Å². The van der Waals surface area contributed by atoms with Crippen LogP contribution >= 0.6 is 0 Å². The molecule has 2 fully saturated rings. The molecule has 0 saturated carbocycles. The van der Waals surface area contributed by atoms with E-state index in [1.165, 1.54) is 11.3 Å². The molecule has 5 heteroatoms. The third-order valence-corrected chi connectivity index (χ3v) is 6.44. The molecule has 1 amide bonds. The Morgan fingerprint density at radius 1 is 1.03 bits per heavy atom. The van der Waals surface area contributed by atoms with Gasteiger partial charge in [0.15, 0.2) is 0 Å². The summed E-state index contributed by atoms with van der Waals surface area (Å²) in [4.78, 5) is 22.0. The predicted molar refractivity (Wildman–Crippen MR) is 117 cm³/mol. The molecule has 29 heavy (non-hydrogen) atoms. The summed E-state index contributed by atoms with van der Waals surface area (Å²) in [5, 5.41) is 3.51. The van der Waals surface area contributed by atoms with Crippen LogP contribution in [0, 0.1) is 32.6 Å². The van der Waals surface area contributed by atoms with Gasteiger partial charge in [-0.3, -0.25) is 9.78 Å². The van der Waals surface area contributed by atoms with Gasteiger partial charge >= 0.3 is 0 Å². The number of anilines is 1. The summed E-state index contributed by atoms with van der Waals surface area (Å²) in [6, 6.07) is 10.5. The van der Waals surface area contributed by atoms with E-state index in [0.29, 0.717) is 11.8 Å². The van der Waals surface area contributed by atoms with E-state index >= 15 is 0 Å². The van der Waals surface area contributed by atoms with Crippen molar-refractivity contribution in [3.63, 3.8) is 0 Å². The summed E-state index contributed by atoms with van der Waals surface area (Å²) in [6.07, 6.45) is 2.93. The summed E-state index contributed by atoms with van der Waals surface area (Å²) in [6.45, 7) is 12.2. The summed E-state index contributed by atoms with van der Waals surface area (Å²) in [5.74, 6) is 1.39. The molecule has 2 aliphatic heterocycles. The zero-order valence-corrected chi connectivity index (χ0v) is 17.8. The molecule has 1 aromatic heterocycles. The minimum atomic E-state index is 0.163. The van der Waals surface area contributed by atoms with E-state index < -0.39 is 0 Å². The molecule has 2 atom stereocenters. The molecule has 2 aliphatic rings. The number of fused-ring (bicyclic) bond motifs is 1. The van der Waals surface area contributed by atoms with Gasteiger partial charge in [-0.25, -0.2) is 0 Å². The van der Waals surface area contributed by atoms with E-state index in [2.05, 4.69) is 51.3 Å². The maximum atomic E-state index is 13.0. The van der Waals surface area contributed by atoms with Gasteiger partial charge in [0.05, 0.1) is 11.3 Å². The number of hydrogen-bond donors (Lipinski definition) is 1. The van der Waals surface area contributed by atoms with E-state index in [1.54, 1.807) is 6.20 Å². The van der Waals surface area contributed by atoms with E-state index in [0.717, 1.165) is 62.5 Å². The predicted octanol–water partition coefficient (Wildman–Crippen LogP) is 3.51. The second kappa shape index (κ2) is 8.54. The number of likely N-dealkylation sites (tertiary alicyclic amines) is 2. The number of carbonyl (C=O) groups is 1. The minimum absolute atomic E-state index is 0.163. The SMILES string of the molecule is Cc1ccc(NCCCN2CC3CN(C(=O)c4c(C)ccnc4C)CC3C2)cc1. The third kappa shape index (κ3) is 4.45. The van der Waals surface area contributed by atoms with Crippen LogP contribution < -0.4 is 5.32 Å². The summed E-state index contributed by atoms with van der Waals surface area (Å²) in [5.41, 5.74) is 5.16. The Balaban J connectivity index is 1.23. The number of pyridine rings is 1. The normalized spacial score (nSPS) is 21.4. The Hall–Kier alpha value is -2.40. The number of nitrogens with zero attached hydrogens (tertiary/aromatic N) is 3. The molecular weight excluding hydrogens is 360 g/mol. The van der Waals surface area contributed by atoms with Crippen molar-refractivity contribution in [1.82, 2.24) is 14.8 Å². The van der Waals surface area contributed by atoms with Crippen LogP contribution in [0.5, 0.6) is 0 Å². The minimum Gasteiger partial charge on any atom is -0.385 e. The maximum Gasteiger partial charge on any atom is 0.255 e. The van der Waals surface area contributed by atoms with Gasteiger partial charge in [0.2, 0.25) is 0 Å². The number of amides is 1. The van der Waals surface area contributed by atoms with E-state index in [-0.39, 0.29) is 5.91 Å². The van der Waals surface area contributed by atoms with Crippen molar-refractivity contribution < 1.29 is 4.79 Å². The summed E-state index contributed by atoms with van der Waals surface area (Å²) >= 11 is 0. The molecule has 2 unspecified atom stereocenters. The summed E-state index contributed by atoms with van der Waals surface area (Å²) in [7, 11) is 0. The Morgan fingerprint density at radius 2 is 1.72 bits per heavy atom. The smallest absolute Gasteiger partial charge is 0.255 e. The lowest BCUT2D eigenvalue weighted by atomic mass is 10.0. The number of nitrogens with one attached hydrogen (secondary N) is 1. The lowest BCUT2D eigenvalue weighted by molar-refractivity contribution is 0.0772. The second-order valence-corrected chi connectivity index (χ2v) is 8.72. The van der Waals surface area contributed by atoms with E-state index in [1.807, 2.05) is 19.9 Å². The molecule has 3 heterocycles. The van der Waals surface area contributed by atoms with Crippen LogP contribution in [0.2, 0.25) is 0 Å². The second-order valence-electron chi connectivity index (χ2n) is 8.72. The number of benzene rings is 1. The van der Waals surface area contributed by atoms with Crippen LogP contribution in [0.3, 0.4) is 0 Å². The van der Waals surface area contributed by atoms with Crippen LogP contribution in [-0.2, 0) is 0 Å². The Kier molecular flexibility index (Phi) is 5.86. The highest BCUT2D eigenvalue weighted by Crippen LogP contribution is 2.32. The van der Waals surface area contributed by atoms with Gasteiger partial charge in [0.25, 0.3) is 5.91 Å². The molecule has 0 radical (unpaired) electrons. The van der Waals surface area contributed by atoms with Crippen LogP contribution in [0.4, 0.5) is 5.69 Å². The van der Waals surface area contributed by atoms with Gasteiger partial charge < -0.3 is 15.1 Å². The zero-order chi connectivity index (χ0) is 20.4. The fraction of sp³-hybridized carbons (Fsp3) is 0.500. The van der Waals surface area contributed by atoms with Gasteiger partial charge in [0, 0.05) is 44.6 Å². The van der Waals surface area contributed by atoms with Gasteiger partial charge in [-0.05, 0) is 69.3 Å². The van der Waals surface area contributed by atoms with E-state index in [4.69, 9.17) is 0 Å². The molecule has 5 nitrogen and oxygen atoms in total. The number of aromatic nitrogens is 1. The topological polar surface area (TPSA) is 48.5 Å². The average Bonchev–Trinajstić information content (AvgIpc) is 3.25. The summed E-state index contributed by atoms with van der Waals surface area (Å²) < 4.78 is 0. The van der Waals surface area contributed by atoms with Crippen molar-refractivity contribution in [2.45, 2.75) is 27.2 Å². The molecule has 1 N–H and O–H groups in total. The largest absolute Gasteiger partial charge is 0.385 e. The molecule has 1 aromatic carbocycles. The quantitative estimate of drug-likeness (QED) is 0.765. The lowest BCUT2D eigenvalue weighted by Gasteiger charge is -2.23. The van der Waals surface area contributed by atoms with Gasteiger partial charge in [-0.2, -0.15) is 0 Å². The Labute approximate surface area is 174 Å². The Bertz CT molecular complexity index is 829.